The summed E-state index contributed by atoms with van der Waals surface area (Å²) in [6.07, 6.45) is 0.818. The summed E-state index contributed by atoms with van der Waals surface area (Å²) in [4.78, 5) is 43.7. The SMILES string of the molecule is COC(=O)C1C(=O)NC(N2CCN(C=O)CC2)=NC1c1ccccc1. The molecule has 1 saturated heterocycles. The van der Waals surface area contributed by atoms with Crippen molar-refractivity contribution in [1.82, 2.24) is 15.1 Å². The normalized spacial score (nSPS) is 23.6. The minimum absolute atomic E-state index is 0.427. The van der Waals surface area contributed by atoms with Crippen molar-refractivity contribution in [3.05, 3.63) is 35.9 Å². The molecular weight excluding hydrogens is 324 g/mol. The van der Waals surface area contributed by atoms with Gasteiger partial charge in [0, 0.05) is 26.2 Å². The summed E-state index contributed by atoms with van der Waals surface area (Å²) in [6.45, 7) is 2.27. The second-order valence-electron chi connectivity index (χ2n) is 5.93. The first kappa shape index (κ1) is 16.9. The van der Waals surface area contributed by atoms with Gasteiger partial charge < -0.3 is 14.5 Å². The molecule has 2 amide bonds. The first-order valence-electron chi connectivity index (χ1n) is 8.09. The number of nitrogens with one attached hydrogen (secondary N) is 1. The van der Waals surface area contributed by atoms with Gasteiger partial charge in [-0.15, -0.1) is 0 Å². The van der Waals surface area contributed by atoms with E-state index in [1.165, 1.54) is 7.11 Å². The fourth-order valence-corrected chi connectivity index (χ4v) is 3.05. The Bertz CT molecular complexity index is 683. The lowest BCUT2D eigenvalue weighted by molar-refractivity contribution is -0.151. The first-order chi connectivity index (χ1) is 12.1. The number of ether oxygens (including phenoxy) is 1. The number of carbonyl (C=O) groups excluding carboxylic acids is 3. The van der Waals surface area contributed by atoms with Crippen molar-refractivity contribution in [3.63, 3.8) is 0 Å². The number of aliphatic imine (C=N–C) groups is 1. The van der Waals surface area contributed by atoms with E-state index in [0.717, 1.165) is 12.0 Å². The Morgan fingerprint density at radius 1 is 1.24 bits per heavy atom. The standard InChI is InChI=1S/C17H20N4O4/c1-25-16(24)13-14(12-5-3-2-4-6-12)18-17(19-15(13)23)21-9-7-20(11-22)8-10-21/h2-6,11,13-14H,7-10H2,1H3,(H,18,19,23). The van der Waals surface area contributed by atoms with Crippen molar-refractivity contribution in [3.8, 4) is 0 Å². The van der Waals surface area contributed by atoms with Crippen LogP contribution in [0, 0.1) is 5.92 Å². The third-order valence-corrected chi connectivity index (χ3v) is 4.45. The molecular formula is C17H20N4O4. The second-order valence-corrected chi connectivity index (χ2v) is 5.93. The first-order valence-corrected chi connectivity index (χ1v) is 8.09. The van der Waals surface area contributed by atoms with E-state index < -0.39 is 23.8 Å². The van der Waals surface area contributed by atoms with Crippen molar-refractivity contribution in [2.45, 2.75) is 6.04 Å². The van der Waals surface area contributed by atoms with Crippen LogP contribution < -0.4 is 5.32 Å². The fourth-order valence-electron chi connectivity index (χ4n) is 3.05. The minimum atomic E-state index is -1.02. The summed E-state index contributed by atoms with van der Waals surface area (Å²) in [5.41, 5.74) is 0.775. The van der Waals surface area contributed by atoms with Gasteiger partial charge in [0.05, 0.1) is 7.11 Å². The maximum atomic E-state index is 12.6. The van der Waals surface area contributed by atoms with Crippen LogP contribution in [0.25, 0.3) is 0 Å². The highest BCUT2D eigenvalue weighted by atomic mass is 16.5. The third-order valence-electron chi connectivity index (χ3n) is 4.45. The Morgan fingerprint density at radius 3 is 2.52 bits per heavy atom. The molecule has 2 aliphatic heterocycles. The summed E-state index contributed by atoms with van der Waals surface area (Å²) in [5, 5.41) is 2.71. The number of hydrogen-bond donors (Lipinski definition) is 1. The molecule has 8 heteroatoms. The molecule has 0 aliphatic carbocycles. The predicted octanol–water partition coefficient (Wildman–Crippen LogP) is -0.223. The highest BCUT2D eigenvalue weighted by molar-refractivity contribution is 6.08. The molecule has 0 radical (unpaired) electrons. The van der Waals surface area contributed by atoms with Crippen LogP contribution in [0.2, 0.25) is 0 Å². The zero-order valence-electron chi connectivity index (χ0n) is 13.9. The lowest BCUT2D eigenvalue weighted by Crippen LogP contribution is -2.57. The number of nitrogens with zero attached hydrogens (tertiary/aromatic N) is 3. The molecule has 0 spiro atoms. The smallest absolute Gasteiger partial charge is 0.320 e. The number of benzene rings is 1. The number of guanidine groups is 1. The molecule has 1 aromatic rings. The zero-order chi connectivity index (χ0) is 17.8. The van der Waals surface area contributed by atoms with E-state index in [1.54, 1.807) is 4.90 Å². The van der Waals surface area contributed by atoms with Gasteiger partial charge in [-0.2, -0.15) is 0 Å². The average Bonchev–Trinajstić information content (AvgIpc) is 2.67. The van der Waals surface area contributed by atoms with E-state index in [1.807, 2.05) is 35.2 Å². The van der Waals surface area contributed by atoms with Crippen LogP contribution in [0.1, 0.15) is 11.6 Å². The van der Waals surface area contributed by atoms with E-state index in [4.69, 9.17) is 4.74 Å². The van der Waals surface area contributed by atoms with Crippen LogP contribution in [-0.2, 0) is 19.1 Å². The van der Waals surface area contributed by atoms with Crippen molar-refractivity contribution < 1.29 is 19.1 Å². The summed E-state index contributed by atoms with van der Waals surface area (Å²) in [7, 11) is 1.26. The van der Waals surface area contributed by atoms with Crippen LogP contribution in [0.4, 0.5) is 0 Å². The molecule has 1 aromatic carbocycles. The van der Waals surface area contributed by atoms with Gasteiger partial charge in [0.1, 0.15) is 6.04 Å². The number of esters is 1. The number of hydrogen-bond acceptors (Lipinski definition) is 6. The molecule has 25 heavy (non-hydrogen) atoms. The van der Waals surface area contributed by atoms with Gasteiger partial charge in [-0.25, -0.2) is 4.99 Å². The fraction of sp³-hybridized carbons (Fsp3) is 0.412. The molecule has 0 saturated carbocycles. The van der Waals surface area contributed by atoms with E-state index in [-0.39, 0.29) is 0 Å². The van der Waals surface area contributed by atoms with E-state index in [0.29, 0.717) is 32.1 Å². The Kier molecular flexibility index (Phi) is 4.97. The number of rotatable bonds is 3. The molecule has 0 aromatic heterocycles. The Balaban J connectivity index is 1.90. The largest absolute Gasteiger partial charge is 0.468 e. The molecule has 0 bridgehead atoms. The van der Waals surface area contributed by atoms with Gasteiger partial charge in [-0.1, -0.05) is 30.3 Å². The second kappa shape index (κ2) is 7.33. The number of carbonyl (C=O) groups is 3. The van der Waals surface area contributed by atoms with Crippen molar-refractivity contribution in [1.29, 1.82) is 0 Å². The summed E-state index contributed by atoms with van der Waals surface area (Å²) in [5.74, 6) is -1.62. The van der Waals surface area contributed by atoms with Crippen LogP contribution in [0.15, 0.2) is 35.3 Å². The number of amides is 2. The van der Waals surface area contributed by atoms with Gasteiger partial charge >= 0.3 is 5.97 Å². The Labute approximate surface area is 145 Å². The molecule has 2 unspecified atom stereocenters. The molecule has 3 rings (SSSR count). The lowest BCUT2D eigenvalue weighted by Gasteiger charge is -2.37. The summed E-state index contributed by atoms with van der Waals surface area (Å²) >= 11 is 0. The molecule has 2 heterocycles. The predicted molar refractivity (Wildman–Crippen MR) is 89.5 cm³/mol. The molecule has 2 atom stereocenters. The summed E-state index contributed by atoms with van der Waals surface area (Å²) in [6, 6.07) is 8.59. The third kappa shape index (κ3) is 3.47. The van der Waals surface area contributed by atoms with Gasteiger partial charge in [-0.05, 0) is 5.56 Å². The zero-order valence-corrected chi connectivity index (χ0v) is 13.9. The monoisotopic (exact) mass is 344 g/mol. The molecule has 8 nitrogen and oxygen atoms in total. The Hall–Kier alpha value is -2.90. The van der Waals surface area contributed by atoms with E-state index in [9.17, 15) is 14.4 Å². The van der Waals surface area contributed by atoms with Crippen LogP contribution in [-0.4, -0.2) is 67.3 Å². The minimum Gasteiger partial charge on any atom is -0.468 e. The number of piperazine rings is 1. The average molecular weight is 344 g/mol. The maximum Gasteiger partial charge on any atom is 0.320 e. The van der Waals surface area contributed by atoms with E-state index in [2.05, 4.69) is 10.3 Å². The molecule has 132 valence electrons. The van der Waals surface area contributed by atoms with Crippen molar-refractivity contribution >= 4 is 24.2 Å². The molecule has 1 fully saturated rings. The lowest BCUT2D eigenvalue weighted by atomic mass is 9.91. The van der Waals surface area contributed by atoms with Gasteiger partial charge in [0.15, 0.2) is 5.92 Å². The van der Waals surface area contributed by atoms with Crippen LogP contribution >= 0.6 is 0 Å². The highest BCUT2D eigenvalue weighted by Gasteiger charge is 2.41. The van der Waals surface area contributed by atoms with Crippen LogP contribution in [0.5, 0.6) is 0 Å². The van der Waals surface area contributed by atoms with Crippen LogP contribution in [0.3, 0.4) is 0 Å². The molecule has 2 aliphatic rings. The Morgan fingerprint density at radius 2 is 1.92 bits per heavy atom. The van der Waals surface area contributed by atoms with Crippen molar-refractivity contribution in [2.75, 3.05) is 33.3 Å². The summed E-state index contributed by atoms with van der Waals surface area (Å²) < 4.78 is 4.79. The highest BCUT2D eigenvalue weighted by Crippen LogP contribution is 2.30. The van der Waals surface area contributed by atoms with Gasteiger partial charge in [-0.3, -0.25) is 19.7 Å². The van der Waals surface area contributed by atoms with Gasteiger partial charge in [0.25, 0.3) is 0 Å². The molecule has 1 N–H and O–H groups in total. The topological polar surface area (TPSA) is 91.3 Å². The quantitative estimate of drug-likeness (QED) is 0.465. The maximum absolute atomic E-state index is 12.6. The number of methoxy groups -OCH3 is 1. The van der Waals surface area contributed by atoms with Crippen molar-refractivity contribution in [2.24, 2.45) is 10.9 Å². The van der Waals surface area contributed by atoms with E-state index >= 15 is 0 Å². The van der Waals surface area contributed by atoms with Gasteiger partial charge in [0.2, 0.25) is 18.3 Å².